The SMILES string of the molecule is [C-]#[N+]C(C)c1ccc2c3c(cccc13)CC2. The van der Waals surface area contributed by atoms with E-state index in [1.165, 1.54) is 27.5 Å². The van der Waals surface area contributed by atoms with Gasteiger partial charge in [0.15, 0.2) is 0 Å². The fraction of sp³-hybridized carbons (Fsp3) is 0.267. The van der Waals surface area contributed by atoms with Gasteiger partial charge in [0.25, 0.3) is 0 Å². The van der Waals surface area contributed by atoms with Crippen LogP contribution in [0, 0.1) is 6.57 Å². The lowest BCUT2D eigenvalue weighted by Crippen LogP contribution is -1.90. The van der Waals surface area contributed by atoms with Crippen molar-refractivity contribution < 1.29 is 0 Å². The Bertz CT molecular complexity index is 594. The topological polar surface area (TPSA) is 4.36 Å². The Morgan fingerprint density at radius 2 is 1.88 bits per heavy atom. The first-order chi connectivity index (χ1) is 7.81. The minimum Gasteiger partial charge on any atom is -0.309 e. The highest BCUT2D eigenvalue weighted by Crippen LogP contribution is 2.35. The highest BCUT2D eigenvalue weighted by Gasteiger charge is 2.19. The fourth-order valence-corrected chi connectivity index (χ4v) is 2.70. The third-order valence-electron chi connectivity index (χ3n) is 3.55. The average molecular weight is 207 g/mol. The molecule has 0 fully saturated rings. The average Bonchev–Trinajstić information content (AvgIpc) is 2.74. The molecule has 3 rings (SSSR count). The Morgan fingerprint density at radius 3 is 2.62 bits per heavy atom. The molecule has 1 aliphatic rings. The van der Waals surface area contributed by atoms with Crippen molar-refractivity contribution in [3.8, 4) is 0 Å². The van der Waals surface area contributed by atoms with E-state index < -0.39 is 0 Å². The zero-order chi connectivity index (χ0) is 11.1. The van der Waals surface area contributed by atoms with Crippen LogP contribution in [0.2, 0.25) is 0 Å². The van der Waals surface area contributed by atoms with Gasteiger partial charge in [-0.15, -0.1) is 0 Å². The molecule has 1 aliphatic carbocycles. The zero-order valence-corrected chi connectivity index (χ0v) is 9.33. The summed E-state index contributed by atoms with van der Waals surface area (Å²) in [6.45, 7) is 9.15. The lowest BCUT2D eigenvalue weighted by Gasteiger charge is -2.07. The van der Waals surface area contributed by atoms with Crippen LogP contribution in [0.1, 0.15) is 29.7 Å². The molecule has 0 heterocycles. The van der Waals surface area contributed by atoms with Crippen LogP contribution in [0.15, 0.2) is 30.3 Å². The van der Waals surface area contributed by atoms with Crippen molar-refractivity contribution in [2.75, 3.05) is 0 Å². The van der Waals surface area contributed by atoms with Crippen molar-refractivity contribution >= 4 is 10.8 Å². The van der Waals surface area contributed by atoms with E-state index in [1.54, 1.807) is 0 Å². The number of hydrogen-bond acceptors (Lipinski definition) is 0. The van der Waals surface area contributed by atoms with Crippen LogP contribution in [0.25, 0.3) is 15.6 Å². The van der Waals surface area contributed by atoms with Crippen molar-refractivity contribution in [3.63, 3.8) is 0 Å². The van der Waals surface area contributed by atoms with Crippen molar-refractivity contribution in [1.29, 1.82) is 0 Å². The summed E-state index contributed by atoms with van der Waals surface area (Å²) in [5.41, 5.74) is 4.08. The first kappa shape index (κ1) is 9.42. The largest absolute Gasteiger partial charge is 0.309 e. The first-order valence-electron chi connectivity index (χ1n) is 5.71. The standard InChI is InChI=1S/C15H13N/c1-10(16-2)13-9-8-12-7-6-11-4-3-5-14(13)15(11)12/h3-5,8-10H,6-7H2,1H3. The third-order valence-corrected chi connectivity index (χ3v) is 3.55. The molecule has 0 aromatic heterocycles. The number of hydrogen-bond donors (Lipinski definition) is 0. The summed E-state index contributed by atoms with van der Waals surface area (Å²) in [6.07, 6.45) is 2.31. The number of aryl methyl sites for hydroxylation is 2. The Labute approximate surface area is 95.5 Å². The zero-order valence-electron chi connectivity index (χ0n) is 9.33. The van der Waals surface area contributed by atoms with E-state index in [9.17, 15) is 0 Å². The van der Waals surface area contributed by atoms with Crippen LogP contribution in [-0.4, -0.2) is 0 Å². The van der Waals surface area contributed by atoms with Gasteiger partial charge in [0.05, 0.1) is 0 Å². The second-order valence-corrected chi connectivity index (χ2v) is 4.46. The molecule has 0 saturated carbocycles. The molecule has 0 radical (unpaired) electrons. The van der Waals surface area contributed by atoms with Gasteiger partial charge >= 0.3 is 0 Å². The molecule has 2 aromatic rings. The third kappa shape index (κ3) is 1.17. The van der Waals surface area contributed by atoms with Crippen LogP contribution in [0.3, 0.4) is 0 Å². The fourth-order valence-electron chi connectivity index (χ4n) is 2.70. The molecule has 1 heteroatoms. The van der Waals surface area contributed by atoms with E-state index in [1.807, 2.05) is 6.92 Å². The van der Waals surface area contributed by atoms with Gasteiger partial charge in [-0.05, 0) is 34.7 Å². The van der Waals surface area contributed by atoms with E-state index in [0.29, 0.717) is 0 Å². The molecule has 0 saturated heterocycles. The minimum atomic E-state index is -0.0371. The number of nitrogens with zero attached hydrogens (tertiary/aromatic N) is 1. The Kier molecular flexibility index (Phi) is 1.97. The Balaban J connectivity index is 2.39. The molecule has 2 aromatic carbocycles. The monoisotopic (exact) mass is 207 g/mol. The van der Waals surface area contributed by atoms with Gasteiger partial charge in [-0.1, -0.05) is 30.3 Å². The minimum absolute atomic E-state index is 0.0371. The smallest absolute Gasteiger partial charge is 0.246 e. The normalized spacial score (nSPS) is 15.0. The molecule has 1 atom stereocenters. The summed E-state index contributed by atoms with van der Waals surface area (Å²) in [5, 5.41) is 2.70. The molecule has 0 N–H and O–H groups in total. The quantitative estimate of drug-likeness (QED) is 0.624. The first-order valence-corrected chi connectivity index (χ1v) is 5.71. The lowest BCUT2D eigenvalue weighted by atomic mass is 9.96. The molecule has 16 heavy (non-hydrogen) atoms. The van der Waals surface area contributed by atoms with Crippen molar-refractivity contribution in [1.82, 2.24) is 0 Å². The molecular formula is C15H13N. The number of rotatable bonds is 1. The maximum Gasteiger partial charge on any atom is 0.246 e. The van der Waals surface area contributed by atoms with Crippen molar-refractivity contribution in [3.05, 3.63) is 58.4 Å². The molecule has 0 aliphatic heterocycles. The second-order valence-electron chi connectivity index (χ2n) is 4.46. The van der Waals surface area contributed by atoms with E-state index in [-0.39, 0.29) is 6.04 Å². The summed E-state index contributed by atoms with van der Waals surface area (Å²) >= 11 is 0. The maximum atomic E-state index is 7.17. The molecule has 0 amide bonds. The molecule has 1 unspecified atom stereocenters. The highest BCUT2D eigenvalue weighted by molar-refractivity contribution is 5.93. The van der Waals surface area contributed by atoms with Crippen LogP contribution >= 0.6 is 0 Å². The number of benzene rings is 2. The lowest BCUT2D eigenvalue weighted by molar-refractivity contribution is 0.972. The summed E-state index contributed by atoms with van der Waals surface area (Å²) in [5.74, 6) is 0. The van der Waals surface area contributed by atoms with Gasteiger partial charge in [-0.25, -0.2) is 6.57 Å². The Morgan fingerprint density at radius 1 is 1.12 bits per heavy atom. The Hall–Kier alpha value is -1.81. The van der Waals surface area contributed by atoms with Gasteiger partial charge in [-0.3, -0.25) is 0 Å². The van der Waals surface area contributed by atoms with Crippen LogP contribution < -0.4 is 0 Å². The second kappa shape index (κ2) is 3.35. The van der Waals surface area contributed by atoms with Crippen LogP contribution in [0.4, 0.5) is 0 Å². The van der Waals surface area contributed by atoms with Gasteiger partial charge in [0, 0.05) is 12.5 Å². The van der Waals surface area contributed by atoms with E-state index in [2.05, 4.69) is 35.2 Å². The summed E-state index contributed by atoms with van der Waals surface area (Å²) in [7, 11) is 0. The maximum absolute atomic E-state index is 7.17. The molecular weight excluding hydrogens is 194 g/mol. The summed E-state index contributed by atoms with van der Waals surface area (Å²) in [4.78, 5) is 3.64. The van der Waals surface area contributed by atoms with E-state index >= 15 is 0 Å². The van der Waals surface area contributed by atoms with E-state index in [0.717, 1.165) is 12.8 Å². The molecule has 78 valence electrons. The van der Waals surface area contributed by atoms with Gasteiger partial charge in [-0.2, -0.15) is 0 Å². The van der Waals surface area contributed by atoms with Crippen molar-refractivity contribution in [2.24, 2.45) is 0 Å². The van der Waals surface area contributed by atoms with Gasteiger partial charge in [0.2, 0.25) is 6.04 Å². The van der Waals surface area contributed by atoms with E-state index in [4.69, 9.17) is 6.57 Å². The summed E-state index contributed by atoms with van der Waals surface area (Å²) in [6, 6.07) is 10.8. The molecule has 0 bridgehead atoms. The van der Waals surface area contributed by atoms with Gasteiger partial charge in [0.1, 0.15) is 0 Å². The predicted octanol–water partition coefficient (Wildman–Crippen LogP) is 3.92. The summed E-state index contributed by atoms with van der Waals surface area (Å²) < 4.78 is 0. The van der Waals surface area contributed by atoms with Gasteiger partial charge < -0.3 is 4.85 Å². The highest BCUT2D eigenvalue weighted by atomic mass is 14.7. The molecule has 0 spiro atoms. The van der Waals surface area contributed by atoms with Crippen LogP contribution in [-0.2, 0) is 12.8 Å². The molecule has 1 nitrogen and oxygen atoms in total. The van der Waals surface area contributed by atoms with Crippen LogP contribution in [0.5, 0.6) is 0 Å². The predicted molar refractivity (Wildman–Crippen MR) is 66.4 cm³/mol. The van der Waals surface area contributed by atoms with Crippen molar-refractivity contribution in [2.45, 2.75) is 25.8 Å².